The molecule has 13 nitrogen and oxygen atoms in total. The number of methoxy groups -OCH3 is 1. The van der Waals surface area contributed by atoms with E-state index in [-0.39, 0.29) is 38.9 Å². The van der Waals surface area contributed by atoms with Crippen LogP contribution in [0.4, 0.5) is 0 Å². The Bertz CT molecular complexity index is 649. The molecule has 0 saturated carbocycles. The summed E-state index contributed by atoms with van der Waals surface area (Å²) in [7, 11) is 1.53. The highest BCUT2D eigenvalue weighted by molar-refractivity contribution is 5.81. The smallest absolute Gasteiger partial charge is 0.306 e. The number of carbonyl (C=O) groups excluding carboxylic acids is 3. The van der Waals surface area contributed by atoms with E-state index in [1.54, 1.807) is 0 Å². The lowest BCUT2D eigenvalue weighted by molar-refractivity contribution is -0.294. The molecular formula is C24H45NO12. The van der Waals surface area contributed by atoms with Crippen molar-refractivity contribution in [3.05, 3.63) is 0 Å². The predicted molar refractivity (Wildman–Crippen MR) is 130 cm³/mol. The average Bonchev–Trinajstić information content (AvgIpc) is 2.85. The number of carbonyl (C=O) groups is 3. The van der Waals surface area contributed by atoms with Crippen molar-refractivity contribution in [1.29, 1.82) is 0 Å². The maximum atomic E-state index is 12.3. The van der Waals surface area contributed by atoms with Gasteiger partial charge in [-0.05, 0) is 5.92 Å². The lowest BCUT2D eigenvalue weighted by Crippen LogP contribution is -2.65. The summed E-state index contributed by atoms with van der Waals surface area (Å²) in [5.74, 6) is -2.02. The van der Waals surface area contributed by atoms with Crippen molar-refractivity contribution in [3.8, 4) is 0 Å². The first kappa shape index (κ1) is 35.1. The van der Waals surface area contributed by atoms with Gasteiger partial charge in [0.25, 0.3) is 6.47 Å². The lowest BCUT2D eigenvalue weighted by Gasteiger charge is -2.46. The molecule has 1 fully saturated rings. The van der Waals surface area contributed by atoms with Gasteiger partial charge in [0, 0.05) is 26.9 Å². The monoisotopic (exact) mass is 539 g/mol. The Morgan fingerprint density at radius 1 is 1.16 bits per heavy atom. The zero-order valence-corrected chi connectivity index (χ0v) is 22.5. The Kier molecular flexibility index (Phi) is 18.3. The molecule has 6 unspecified atom stereocenters. The van der Waals surface area contributed by atoms with Gasteiger partial charge in [0.2, 0.25) is 11.7 Å². The third-order valence-electron chi connectivity index (χ3n) is 5.57. The zero-order chi connectivity index (χ0) is 28.4. The van der Waals surface area contributed by atoms with Crippen molar-refractivity contribution in [2.24, 2.45) is 5.92 Å². The van der Waals surface area contributed by atoms with E-state index < -0.39 is 54.7 Å². The van der Waals surface area contributed by atoms with Gasteiger partial charge >= 0.3 is 5.97 Å². The van der Waals surface area contributed by atoms with Crippen LogP contribution in [0.25, 0.3) is 0 Å². The standard InChI is InChI=1S/C19H33NO12.C5H12/c1-19(31-11-22)9-12(23)16(18(32-19)17(27)13(24)10-21)20-14(25)3-4-15(26)30-8-7-29-6-5-28-2;1-4-5(2)3/h11-13,16-18,21,23-24,27H,3-10H2,1-2H3,(H,20,25);5H,4H2,1-3H3. The fourth-order valence-corrected chi connectivity index (χ4v) is 3.10. The normalized spacial score (nSPS) is 24.9. The fraction of sp³-hybridized carbons (Fsp3) is 0.875. The number of rotatable bonds is 16. The minimum Gasteiger partial charge on any atom is -0.463 e. The van der Waals surface area contributed by atoms with Gasteiger partial charge in [0.1, 0.15) is 24.9 Å². The lowest BCUT2D eigenvalue weighted by atomic mass is 9.89. The summed E-state index contributed by atoms with van der Waals surface area (Å²) in [6, 6.07) is -1.22. The first-order valence-electron chi connectivity index (χ1n) is 12.4. The molecule has 6 atom stereocenters. The van der Waals surface area contributed by atoms with Gasteiger partial charge in [0.05, 0.1) is 45.0 Å². The van der Waals surface area contributed by atoms with Gasteiger partial charge in [-0.2, -0.15) is 0 Å². The maximum Gasteiger partial charge on any atom is 0.306 e. The molecule has 1 aliphatic heterocycles. The van der Waals surface area contributed by atoms with Crippen LogP contribution in [0.1, 0.15) is 53.4 Å². The fourth-order valence-electron chi connectivity index (χ4n) is 3.10. The predicted octanol–water partition coefficient (Wildman–Crippen LogP) is -0.737. The summed E-state index contributed by atoms with van der Waals surface area (Å²) in [5, 5.41) is 42.1. The number of esters is 1. The van der Waals surface area contributed by atoms with Crippen LogP contribution < -0.4 is 5.32 Å². The Hall–Kier alpha value is -1.87. The molecular weight excluding hydrogens is 494 g/mol. The summed E-state index contributed by atoms with van der Waals surface area (Å²) >= 11 is 0. The molecule has 0 aliphatic carbocycles. The van der Waals surface area contributed by atoms with E-state index in [0.717, 1.165) is 5.92 Å². The van der Waals surface area contributed by atoms with E-state index in [2.05, 4.69) is 26.1 Å². The number of nitrogens with one attached hydrogen (secondary N) is 1. The molecule has 0 aromatic heterocycles. The molecule has 1 rings (SSSR count). The molecule has 0 radical (unpaired) electrons. The van der Waals surface area contributed by atoms with E-state index in [1.807, 2.05) is 0 Å². The molecule has 1 saturated heterocycles. The van der Waals surface area contributed by atoms with Gasteiger partial charge < -0.3 is 49.4 Å². The quantitative estimate of drug-likeness (QED) is 0.0940. The first-order valence-corrected chi connectivity index (χ1v) is 12.4. The highest BCUT2D eigenvalue weighted by atomic mass is 16.7. The molecule has 0 aromatic carbocycles. The highest BCUT2D eigenvalue weighted by Crippen LogP contribution is 2.32. The van der Waals surface area contributed by atoms with E-state index >= 15 is 0 Å². The molecule has 218 valence electrons. The molecule has 1 heterocycles. The zero-order valence-electron chi connectivity index (χ0n) is 22.5. The second-order valence-corrected chi connectivity index (χ2v) is 9.16. The van der Waals surface area contributed by atoms with Crippen LogP contribution in [0.15, 0.2) is 0 Å². The highest BCUT2D eigenvalue weighted by Gasteiger charge is 2.50. The van der Waals surface area contributed by atoms with Crippen molar-refractivity contribution < 1.29 is 58.5 Å². The molecule has 0 aromatic rings. The minimum absolute atomic E-state index is 0.0158. The number of amides is 1. The third kappa shape index (κ3) is 14.6. The van der Waals surface area contributed by atoms with Crippen LogP contribution >= 0.6 is 0 Å². The van der Waals surface area contributed by atoms with E-state index in [9.17, 15) is 29.7 Å². The SMILES string of the molecule is CCC(C)C.COCCOCCOC(=O)CCC(=O)NC1C(O)CC(C)(OC=O)OC1C(O)C(O)CO. The summed E-state index contributed by atoms with van der Waals surface area (Å²) < 4.78 is 25.2. The van der Waals surface area contributed by atoms with Crippen LogP contribution in [-0.4, -0.2) is 115 Å². The number of aliphatic hydroxyl groups is 4. The Balaban J connectivity index is 0.00000235. The average molecular weight is 540 g/mol. The Morgan fingerprint density at radius 2 is 1.78 bits per heavy atom. The topological polar surface area (TPSA) is 190 Å². The molecule has 1 aliphatic rings. The largest absolute Gasteiger partial charge is 0.463 e. The molecule has 37 heavy (non-hydrogen) atoms. The summed E-state index contributed by atoms with van der Waals surface area (Å²) in [5.41, 5.74) is 0. The van der Waals surface area contributed by atoms with Crippen LogP contribution in [0, 0.1) is 5.92 Å². The number of hydrogen-bond donors (Lipinski definition) is 5. The van der Waals surface area contributed by atoms with Gasteiger partial charge in [-0.15, -0.1) is 0 Å². The summed E-state index contributed by atoms with van der Waals surface area (Å²) in [6.07, 6.45) is -5.58. The van der Waals surface area contributed by atoms with E-state index in [4.69, 9.17) is 28.8 Å². The van der Waals surface area contributed by atoms with Crippen molar-refractivity contribution in [2.45, 2.75) is 89.6 Å². The molecule has 0 bridgehead atoms. The second kappa shape index (κ2) is 19.2. The Morgan fingerprint density at radius 3 is 2.32 bits per heavy atom. The maximum absolute atomic E-state index is 12.3. The van der Waals surface area contributed by atoms with Crippen LogP contribution in [-0.2, 0) is 38.1 Å². The van der Waals surface area contributed by atoms with Gasteiger partial charge in [-0.25, -0.2) is 0 Å². The van der Waals surface area contributed by atoms with Crippen molar-refractivity contribution in [1.82, 2.24) is 5.32 Å². The van der Waals surface area contributed by atoms with Crippen molar-refractivity contribution >= 4 is 18.3 Å². The second-order valence-electron chi connectivity index (χ2n) is 9.16. The van der Waals surface area contributed by atoms with E-state index in [0.29, 0.717) is 13.2 Å². The Labute approximate surface area is 218 Å². The first-order chi connectivity index (χ1) is 17.4. The number of ether oxygens (including phenoxy) is 5. The van der Waals surface area contributed by atoms with Crippen molar-refractivity contribution in [2.75, 3.05) is 40.1 Å². The summed E-state index contributed by atoms with van der Waals surface area (Å²) in [4.78, 5) is 34.8. The van der Waals surface area contributed by atoms with Gasteiger partial charge in [-0.1, -0.05) is 27.2 Å². The molecule has 1 amide bonds. The van der Waals surface area contributed by atoms with Gasteiger partial charge in [-0.3, -0.25) is 14.4 Å². The summed E-state index contributed by atoms with van der Waals surface area (Å²) in [6.45, 7) is 8.24. The number of aliphatic hydroxyl groups excluding tert-OH is 4. The third-order valence-corrected chi connectivity index (χ3v) is 5.57. The molecule has 0 spiro atoms. The van der Waals surface area contributed by atoms with Crippen molar-refractivity contribution in [3.63, 3.8) is 0 Å². The number of hydrogen-bond acceptors (Lipinski definition) is 12. The van der Waals surface area contributed by atoms with Gasteiger partial charge in [0.15, 0.2) is 0 Å². The van der Waals surface area contributed by atoms with Crippen LogP contribution in [0.3, 0.4) is 0 Å². The van der Waals surface area contributed by atoms with Crippen LogP contribution in [0.2, 0.25) is 0 Å². The molecule has 13 heteroatoms. The minimum atomic E-state index is -1.72. The molecule has 5 N–H and O–H groups in total. The van der Waals surface area contributed by atoms with Crippen LogP contribution in [0.5, 0.6) is 0 Å². The van der Waals surface area contributed by atoms with E-state index in [1.165, 1.54) is 20.5 Å².